The second kappa shape index (κ2) is 7.02. The zero-order chi connectivity index (χ0) is 14.7. The Hall–Kier alpha value is -0.730. The van der Waals surface area contributed by atoms with Gasteiger partial charge in [0.05, 0.1) is 6.10 Å². The van der Waals surface area contributed by atoms with Crippen LogP contribution in [0.3, 0.4) is 0 Å². The maximum atomic E-state index is 6.33. The number of nitrogens with one attached hydrogen (secondary N) is 1. The molecule has 2 aliphatic rings. The molecule has 1 N–H and O–H groups in total. The second-order valence-corrected chi connectivity index (χ2v) is 7.02. The predicted octanol–water partition coefficient (Wildman–Crippen LogP) is 4.94. The number of rotatable bonds is 6. The summed E-state index contributed by atoms with van der Waals surface area (Å²) in [5.74, 6) is 1.86. The summed E-state index contributed by atoms with van der Waals surface area (Å²) >= 11 is 6.15. The molecular weight excluding hydrogens is 282 g/mol. The van der Waals surface area contributed by atoms with Gasteiger partial charge in [0.2, 0.25) is 0 Å². The van der Waals surface area contributed by atoms with Crippen LogP contribution < -0.4 is 10.1 Å². The van der Waals surface area contributed by atoms with E-state index in [1.807, 2.05) is 18.2 Å². The van der Waals surface area contributed by atoms with Gasteiger partial charge in [-0.05, 0) is 56.2 Å². The van der Waals surface area contributed by atoms with Crippen LogP contribution in [0.5, 0.6) is 5.75 Å². The summed E-state index contributed by atoms with van der Waals surface area (Å²) in [6, 6.07) is 6.74. The lowest BCUT2D eigenvalue weighted by Crippen LogP contribution is -2.26. The molecule has 21 heavy (non-hydrogen) atoms. The number of hydrogen-bond acceptors (Lipinski definition) is 2. The zero-order valence-electron chi connectivity index (χ0n) is 12.9. The Balaban J connectivity index is 1.65. The molecule has 116 valence electrons. The highest BCUT2D eigenvalue weighted by Gasteiger charge is 2.24. The molecule has 1 aromatic rings. The Kier molecular flexibility index (Phi) is 5.07. The van der Waals surface area contributed by atoms with Crippen molar-refractivity contribution in [1.82, 2.24) is 5.32 Å². The van der Waals surface area contributed by atoms with Gasteiger partial charge in [-0.25, -0.2) is 0 Å². The van der Waals surface area contributed by atoms with Crippen LogP contribution in [0.15, 0.2) is 18.2 Å². The van der Waals surface area contributed by atoms with Crippen LogP contribution in [0, 0.1) is 5.92 Å². The number of hydrogen-bond donors (Lipinski definition) is 1. The van der Waals surface area contributed by atoms with Gasteiger partial charge >= 0.3 is 0 Å². The van der Waals surface area contributed by atoms with Crippen LogP contribution in [0.25, 0.3) is 0 Å². The largest absolute Gasteiger partial charge is 0.490 e. The molecule has 0 aromatic heterocycles. The first-order valence-electron chi connectivity index (χ1n) is 8.43. The molecule has 3 heteroatoms. The van der Waals surface area contributed by atoms with Crippen molar-refractivity contribution in [2.45, 2.75) is 70.6 Å². The van der Waals surface area contributed by atoms with E-state index in [0.717, 1.165) is 23.2 Å². The molecule has 0 heterocycles. The van der Waals surface area contributed by atoms with Crippen LogP contribution in [-0.4, -0.2) is 12.1 Å². The molecule has 0 radical (unpaired) electrons. The summed E-state index contributed by atoms with van der Waals surface area (Å²) in [7, 11) is 0. The molecule has 1 aromatic carbocycles. The molecule has 2 saturated carbocycles. The standard InChI is InChI=1S/C18H26ClNO/c1-2-13-4-3-5-17(10-13)21-18-9-6-15(19)11-14(18)12-20-16-7-8-16/h6,9,11,13,16-17,20H,2-5,7-8,10,12H2,1H3. The number of ether oxygens (including phenoxy) is 1. The van der Waals surface area contributed by atoms with Gasteiger partial charge in [0.25, 0.3) is 0 Å². The minimum Gasteiger partial charge on any atom is -0.490 e. The minimum atomic E-state index is 0.379. The van der Waals surface area contributed by atoms with Gasteiger partial charge in [-0.1, -0.05) is 31.4 Å². The Bertz CT molecular complexity index is 472. The highest BCUT2D eigenvalue weighted by Crippen LogP contribution is 2.32. The first-order valence-corrected chi connectivity index (χ1v) is 8.81. The average Bonchev–Trinajstić information content (AvgIpc) is 3.32. The fourth-order valence-corrected chi connectivity index (χ4v) is 3.44. The molecule has 2 fully saturated rings. The van der Waals surface area contributed by atoms with Crippen molar-refractivity contribution in [3.8, 4) is 5.75 Å². The topological polar surface area (TPSA) is 21.3 Å². The van der Waals surface area contributed by atoms with Gasteiger partial charge in [-0.2, -0.15) is 0 Å². The monoisotopic (exact) mass is 307 g/mol. The predicted molar refractivity (Wildman–Crippen MR) is 88.0 cm³/mol. The van der Waals surface area contributed by atoms with Gasteiger partial charge in [0.15, 0.2) is 0 Å². The van der Waals surface area contributed by atoms with Gasteiger partial charge in [-0.15, -0.1) is 0 Å². The Morgan fingerprint density at radius 1 is 1.24 bits per heavy atom. The molecule has 0 spiro atoms. The smallest absolute Gasteiger partial charge is 0.124 e. The minimum absolute atomic E-state index is 0.379. The van der Waals surface area contributed by atoms with Crippen LogP contribution in [0.2, 0.25) is 5.02 Å². The molecule has 0 amide bonds. The third-order valence-electron chi connectivity index (χ3n) is 4.79. The first kappa shape index (κ1) is 15.2. The van der Waals surface area contributed by atoms with Crippen LogP contribution in [0.1, 0.15) is 57.4 Å². The van der Waals surface area contributed by atoms with E-state index in [0.29, 0.717) is 12.1 Å². The molecule has 2 nitrogen and oxygen atoms in total. The molecule has 0 aliphatic heterocycles. The van der Waals surface area contributed by atoms with Crippen molar-refractivity contribution in [2.75, 3.05) is 0 Å². The van der Waals surface area contributed by atoms with Crippen molar-refractivity contribution in [1.29, 1.82) is 0 Å². The SMILES string of the molecule is CCC1CCCC(Oc2ccc(Cl)cc2CNC2CC2)C1. The van der Waals surface area contributed by atoms with E-state index in [1.165, 1.54) is 50.5 Å². The normalized spacial score (nSPS) is 25.8. The second-order valence-electron chi connectivity index (χ2n) is 6.59. The summed E-state index contributed by atoms with van der Waals surface area (Å²) in [4.78, 5) is 0. The van der Waals surface area contributed by atoms with Gasteiger partial charge in [-0.3, -0.25) is 0 Å². The van der Waals surface area contributed by atoms with Crippen molar-refractivity contribution >= 4 is 11.6 Å². The fourth-order valence-electron chi connectivity index (χ4n) is 3.24. The van der Waals surface area contributed by atoms with Gasteiger partial charge in [0, 0.05) is 23.2 Å². The highest BCUT2D eigenvalue weighted by atomic mass is 35.5. The van der Waals surface area contributed by atoms with E-state index < -0.39 is 0 Å². The Morgan fingerprint density at radius 2 is 2.10 bits per heavy atom. The third kappa shape index (κ3) is 4.37. The lowest BCUT2D eigenvalue weighted by atomic mass is 9.85. The van der Waals surface area contributed by atoms with E-state index in [9.17, 15) is 0 Å². The van der Waals surface area contributed by atoms with Gasteiger partial charge < -0.3 is 10.1 Å². The van der Waals surface area contributed by atoms with Crippen molar-refractivity contribution in [3.63, 3.8) is 0 Å². The summed E-state index contributed by atoms with van der Waals surface area (Å²) in [5, 5.41) is 4.36. The van der Waals surface area contributed by atoms with Crippen LogP contribution in [-0.2, 0) is 6.54 Å². The first-order chi connectivity index (χ1) is 10.2. The van der Waals surface area contributed by atoms with Crippen molar-refractivity contribution < 1.29 is 4.74 Å². The van der Waals surface area contributed by atoms with E-state index in [-0.39, 0.29) is 0 Å². The lowest BCUT2D eigenvalue weighted by molar-refractivity contribution is 0.121. The summed E-state index contributed by atoms with van der Waals surface area (Å²) in [6.07, 6.45) is 9.32. The Morgan fingerprint density at radius 3 is 2.86 bits per heavy atom. The molecule has 2 aliphatic carbocycles. The lowest BCUT2D eigenvalue weighted by Gasteiger charge is -2.29. The number of benzene rings is 1. The van der Waals surface area contributed by atoms with Gasteiger partial charge in [0.1, 0.15) is 5.75 Å². The van der Waals surface area contributed by atoms with E-state index in [4.69, 9.17) is 16.3 Å². The van der Waals surface area contributed by atoms with E-state index in [2.05, 4.69) is 12.2 Å². The van der Waals surface area contributed by atoms with Crippen molar-refractivity contribution in [2.24, 2.45) is 5.92 Å². The maximum Gasteiger partial charge on any atom is 0.124 e. The molecule has 2 atom stereocenters. The quantitative estimate of drug-likeness (QED) is 0.803. The third-order valence-corrected chi connectivity index (χ3v) is 5.02. The molecule has 0 saturated heterocycles. The van der Waals surface area contributed by atoms with Crippen molar-refractivity contribution in [3.05, 3.63) is 28.8 Å². The molecule has 0 bridgehead atoms. The highest BCUT2D eigenvalue weighted by molar-refractivity contribution is 6.30. The summed E-state index contributed by atoms with van der Waals surface area (Å²) in [6.45, 7) is 3.16. The molecule has 3 rings (SSSR count). The summed E-state index contributed by atoms with van der Waals surface area (Å²) < 4.78 is 6.33. The Labute approximate surface area is 133 Å². The maximum absolute atomic E-state index is 6.33. The zero-order valence-corrected chi connectivity index (χ0v) is 13.7. The summed E-state index contributed by atoms with van der Waals surface area (Å²) in [5.41, 5.74) is 1.20. The van der Waals surface area contributed by atoms with Crippen LogP contribution in [0.4, 0.5) is 0 Å². The number of halogens is 1. The van der Waals surface area contributed by atoms with E-state index in [1.54, 1.807) is 0 Å². The average molecular weight is 308 g/mol. The van der Waals surface area contributed by atoms with E-state index >= 15 is 0 Å². The molecular formula is C18H26ClNO. The fraction of sp³-hybridized carbons (Fsp3) is 0.667. The molecule has 2 unspecified atom stereocenters. The van der Waals surface area contributed by atoms with Crippen LogP contribution >= 0.6 is 11.6 Å².